The predicted molar refractivity (Wildman–Crippen MR) is 86.6 cm³/mol. The lowest BCUT2D eigenvalue weighted by molar-refractivity contribution is 0.402. The van der Waals surface area contributed by atoms with Gasteiger partial charge in [-0.05, 0) is 12.0 Å². The van der Waals surface area contributed by atoms with Crippen LogP contribution >= 0.6 is 0 Å². The molecule has 0 aliphatic heterocycles. The first-order valence-electron chi connectivity index (χ1n) is 7.16. The van der Waals surface area contributed by atoms with Crippen molar-refractivity contribution in [3.63, 3.8) is 0 Å². The lowest BCUT2D eigenvalue weighted by Gasteiger charge is -2.22. The fourth-order valence-corrected chi connectivity index (χ4v) is 2.58. The van der Waals surface area contributed by atoms with Gasteiger partial charge < -0.3 is 10.1 Å². The molecule has 2 aromatic rings. The Labute approximate surface area is 129 Å². The zero-order valence-electron chi connectivity index (χ0n) is 13.0. The minimum Gasteiger partial charge on any atom is -0.493 e. The molecule has 22 heavy (non-hydrogen) atoms. The number of nitrogens with zero attached hydrogens (tertiary/aromatic N) is 3. The van der Waals surface area contributed by atoms with Crippen molar-refractivity contribution in [2.75, 3.05) is 19.1 Å². The van der Waals surface area contributed by atoms with E-state index in [1.165, 1.54) is 5.01 Å². The Morgan fingerprint density at radius 3 is 2.41 bits per heavy atom. The Bertz CT molecular complexity index is 771. The van der Waals surface area contributed by atoms with E-state index in [1.54, 1.807) is 14.1 Å². The van der Waals surface area contributed by atoms with E-state index in [9.17, 15) is 15.2 Å². The van der Waals surface area contributed by atoms with Gasteiger partial charge in [0.2, 0.25) is 5.88 Å². The molecular weight excluding hydrogens is 278 g/mol. The van der Waals surface area contributed by atoms with Crippen LogP contribution in [0.3, 0.4) is 0 Å². The van der Waals surface area contributed by atoms with Crippen LogP contribution in [0.5, 0.6) is 5.88 Å². The number of aromatic nitrogens is 1. The minimum absolute atomic E-state index is 0.0566. The van der Waals surface area contributed by atoms with E-state index in [1.807, 2.05) is 43.3 Å². The summed E-state index contributed by atoms with van der Waals surface area (Å²) in [6, 6.07) is 11.3. The van der Waals surface area contributed by atoms with E-state index in [0.717, 1.165) is 16.7 Å². The molecule has 0 amide bonds. The Hall–Kier alpha value is -2.74. The molecule has 0 radical (unpaired) electrons. The molecule has 0 atom stereocenters. The molecule has 1 aromatic carbocycles. The zero-order chi connectivity index (χ0) is 16.3. The summed E-state index contributed by atoms with van der Waals surface area (Å²) in [4.78, 5) is 12.6. The van der Waals surface area contributed by atoms with E-state index in [0.29, 0.717) is 17.5 Å². The maximum atomic E-state index is 12.6. The van der Waals surface area contributed by atoms with Gasteiger partial charge in [-0.2, -0.15) is 9.94 Å². The second-order valence-electron chi connectivity index (χ2n) is 5.24. The highest BCUT2D eigenvalue weighted by Gasteiger charge is 2.22. The van der Waals surface area contributed by atoms with Gasteiger partial charge in [0.05, 0.1) is 0 Å². The average Bonchev–Trinajstić information content (AvgIpc) is 2.50. The number of aromatic hydroxyl groups is 1. The highest BCUT2D eigenvalue weighted by molar-refractivity contribution is 5.75. The third kappa shape index (κ3) is 2.56. The molecule has 1 N–H and O–H groups in total. The van der Waals surface area contributed by atoms with Crippen molar-refractivity contribution in [3.8, 4) is 23.1 Å². The van der Waals surface area contributed by atoms with Gasteiger partial charge in [-0.25, -0.2) is 0 Å². The summed E-state index contributed by atoms with van der Waals surface area (Å²) in [6.07, 6.45) is 1.38. The van der Waals surface area contributed by atoms with E-state index in [4.69, 9.17) is 0 Å². The number of hydrogen-bond donors (Lipinski definition) is 1. The maximum Gasteiger partial charge on any atom is 0.290 e. The summed E-state index contributed by atoms with van der Waals surface area (Å²) in [5.41, 5.74) is 1.47. The molecular formula is C17H19N3O2. The van der Waals surface area contributed by atoms with Crippen molar-refractivity contribution in [3.05, 3.63) is 51.8 Å². The van der Waals surface area contributed by atoms with Crippen LogP contribution in [0.4, 0.5) is 0 Å². The van der Waals surface area contributed by atoms with Gasteiger partial charge in [0.15, 0.2) is 0 Å². The van der Waals surface area contributed by atoms with Gasteiger partial charge in [-0.1, -0.05) is 43.7 Å². The summed E-state index contributed by atoms with van der Waals surface area (Å²) in [5, 5.41) is 21.5. The SMILES string of the molecule is CCCc1c(-c2ccccc2)c(C#N)c(=O)n(N(C)C)c1O. The molecule has 0 unspecified atom stereocenters. The molecule has 5 heteroatoms. The second-order valence-corrected chi connectivity index (χ2v) is 5.24. The lowest BCUT2D eigenvalue weighted by atomic mass is 9.94. The molecule has 1 aromatic heterocycles. The quantitative estimate of drug-likeness (QED) is 0.939. The molecule has 0 aliphatic rings. The van der Waals surface area contributed by atoms with E-state index >= 15 is 0 Å². The van der Waals surface area contributed by atoms with Crippen molar-refractivity contribution in [1.29, 1.82) is 5.26 Å². The number of pyridine rings is 1. The van der Waals surface area contributed by atoms with Crippen molar-refractivity contribution in [2.45, 2.75) is 19.8 Å². The third-order valence-corrected chi connectivity index (χ3v) is 3.50. The van der Waals surface area contributed by atoms with Crippen LogP contribution < -0.4 is 10.6 Å². The number of nitriles is 1. The molecule has 0 fully saturated rings. The van der Waals surface area contributed by atoms with Crippen LogP contribution in [0, 0.1) is 11.3 Å². The largest absolute Gasteiger partial charge is 0.493 e. The van der Waals surface area contributed by atoms with Gasteiger partial charge in [0.1, 0.15) is 11.6 Å². The van der Waals surface area contributed by atoms with Crippen molar-refractivity contribution >= 4 is 0 Å². The summed E-state index contributed by atoms with van der Waals surface area (Å²) < 4.78 is 1.13. The predicted octanol–water partition coefficient (Wildman–Crippen LogP) is 2.24. The Kier molecular flexibility index (Phi) is 4.52. The Morgan fingerprint density at radius 1 is 1.27 bits per heavy atom. The topological polar surface area (TPSA) is 69.3 Å². The zero-order valence-corrected chi connectivity index (χ0v) is 13.0. The molecule has 5 nitrogen and oxygen atoms in total. The first kappa shape index (κ1) is 15.6. The van der Waals surface area contributed by atoms with Gasteiger partial charge in [-0.3, -0.25) is 4.79 Å². The third-order valence-electron chi connectivity index (χ3n) is 3.50. The molecule has 0 aliphatic carbocycles. The van der Waals surface area contributed by atoms with Crippen molar-refractivity contribution < 1.29 is 5.11 Å². The van der Waals surface area contributed by atoms with E-state index < -0.39 is 5.56 Å². The highest BCUT2D eigenvalue weighted by Crippen LogP contribution is 2.32. The van der Waals surface area contributed by atoms with E-state index in [-0.39, 0.29) is 11.4 Å². The molecule has 0 spiro atoms. The first-order valence-corrected chi connectivity index (χ1v) is 7.16. The van der Waals surface area contributed by atoms with Crippen LogP contribution in [-0.4, -0.2) is 23.9 Å². The number of benzene rings is 1. The average molecular weight is 297 g/mol. The smallest absolute Gasteiger partial charge is 0.290 e. The first-order chi connectivity index (χ1) is 10.5. The molecule has 2 rings (SSSR count). The van der Waals surface area contributed by atoms with Gasteiger partial charge in [0, 0.05) is 25.2 Å². The highest BCUT2D eigenvalue weighted by atomic mass is 16.3. The van der Waals surface area contributed by atoms with Gasteiger partial charge >= 0.3 is 0 Å². The van der Waals surface area contributed by atoms with Crippen molar-refractivity contribution in [2.24, 2.45) is 0 Å². The molecule has 114 valence electrons. The standard InChI is InChI=1S/C17H19N3O2/c1-4-8-13-15(12-9-6-5-7-10-12)14(11-18)17(22)20(16(13)21)19(2)3/h5-7,9-10,21H,4,8H2,1-3H3. The fourth-order valence-electron chi connectivity index (χ4n) is 2.58. The Morgan fingerprint density at radius 2 is 1.91 bits per heavy atom. The summed E-state index contributed by atoms with van der Waals surface area (Å²) >= 11 is 0. The molecule has 1 heterocycles. The van der Waals surface area contributed by atoms with Crippen LogP contribution in [-0.2, 0) is 6.42 Å². The molecule has 0 saturated carbocycles. The van der Waals surface area contributed by atoms with Gasteiger partial charge in [0.25, 0.3) is 5.56 Å². The minimum atomic E-state index is -0.510. The number of rotatable bonds is 4. The normalized spacial score (nSPS) is 10.3. The molecule has 0 saturated heterocycles. The van der Waals surface area contributed by atoms with Gasteiger partial charge in [-0.15, -0.1) is 0 Å². The number of hydrogen-bond acceptors (Lipinski definition) is 4. The summed E-state index contributed by atoms with van der Waals surface area (Å²) in [7, 11) is 3.31. The van der Waals surface area contributed by atoms with Crippen LogP contribution in [0.25, 0.3) is 11.1 Å². The second kappa shape index (κ2) is 6.35. The lowest BCUT2D eigenvalue weighted by Crippen LogP contribution is -2.38. The van der Waals surface area contributed by atoms with Crippen LogP contribution in [0.1, 0.15) is 24.5 Å². The summed E-state index contributed by atoms with van der Waals surface area (Å²) in [6.45, 7) is 1.99. The monoisotopic (exact) mass is 297 g/mol. The fraction of sp³-hybridized carbons (Fsp3) is 0.294. The maximum absolute atomic E-state index is 12.6. The summed E-state index contributed by atoms with van der Waals surface area (Å²) in [5.74, 6) is -0.102. The van der Waals surface area contributed by atoms with Crippen molar-refractivity contribution in [1.82, 2.24) is 4.68 Å². The van der Waals surface area contributed by atoms with Crippen LogP contribution in [0.15, 0.2) is 35.1 Å². The van der Waals surface area contributed by atoms with E-state index in [2.05, 4.69) is 0 Å². The Balaban J connectivity index is 2.94. The molecule has 0 bridgehead atoms. The van der Waals surface area contributed by atoms with Crippen LogP contribution in [0.2, 0.25) is 0 Å².